The molecule has 1 atom stereocenters. The zero-order valence-corrected chi connectivity index (χ0v) is 16.1. The van der Waals surface area contributed by atoms with Crippen molar-refractivity contribution in [2.75, 3.05) is 26.2 Å². The lowest BCUT2D eigenvalue weighted by molar-refractivity contribution is -0.0661. The van der Waals surface area contributed by atoms with Crippen molar-refractivity contribution in [1.29, 1.82) is 0 Å². The molecule has 134 valence electrons. The van der Waals surface area contributed by atoms with Crippen molar-refractivity contribution in [2.45, 2.75) is 58.4 Å². The number of halogens is 1. The fourth-order valence-corrected chi connectivity index (χ4v) is 5.13. The molecule has 0 bridgehead atoms. The van der Waals surface area contributed by atoms with Gasteiger partial charge in [-0.1, -0.05) is 50.4 Å². The minimum absolute atomic E-state index is 0.620. The highest BCUT2D eigenvalue weighted by Crippen LogP contribution is 2.48. The predicted molar refractivity (Wildman–Crippen MR) is 104 cm³/mol. The first-order chi connectivity index (χ1) is 11.8. The summed E-state index contributed by atoms with van der Waals surface area (Å²) in [7, 11) is 0. The highest BCUT2D eigenvalue weighted by molar-refractivity contribution is 6.30. The fraction of sp³-hybridized carbons (Fsp3) is 0.714. The Labute approximate surface area is 153 Å². The van der Waals surface area contributed by atoms with Crippen LogP contribution in [-0.2, 0) is 0 Å². The lowest BCUT2D eigenvalue weighted by Crippen LogP contribution is -2.61. The summed E-state index contributed by atoms with van der Waals surface area (Å²) in [5, 5.41) is 4.37. The molecule has 24 heavy (non-hydrogen) atoms. The maximum absolute atomic E-state index is 6.10. The van der Waals surface area contributed by atoms with Gasteiger partial charge in [-0.3, -0.25) is 4.90 Å². The van der Waals surface area contributed by atoms with Crippen LogP contribution < -0.4 is 5.32 Å². The normalized spacial score (nSPS) is 25.0. The Morgan fingerprint density at radius 2 is 1.62 bits per heavy atom. The third-order valence-electron chi connectivity index (χ3n) is 6.19. The van der Waals surface area contributed by atoms with Crippen molar-refractivity contribution in [3.8, 4) is 0 Å². The molecule has 1 N–H and O–H groups in total. The van der Waals surface area contributed by atoms with Gasteiger partial charge in [0.1, 0.15) is 0 Å². The van der Waals surface area contributed by atoms with Crippen LogP contribution >= 0.6 is 11.6 Å². The second kappa shape index (κ2) is 8.21. The van der Waals surface area contributed by atoms with Crippen LogP contribution in [0.2, 0.25) is 5.02 Å². The molecule has 4 rings (SSSR count). The van der Waals surface area contributed by atoms with Crippen molar-refractivity contribution in [3.63, 3.8) is 0 Å². The standard InChI is InChI=1S/C19H27ClN2.C2H6/c20-17-7-5-16(6-8-17)18(15-3-1-2-4-15)22-13-19(14-22)9-11-21-12-10-19;1-2/h5-8,15,18,21H,1-4,9-14H2;1-2H3. The van der Waals surface area contributed by atoms with E-state index in [2.05, 4.69) is 34.5 Å². The molecule has 1 aromatic carbocycles. The number of piperidine rings is 1. The molecule has 1 aromatic rings. The molecule has 2 aliphatic heterocycles. The van der Waals surface area contributed by atoms with Crippen molar-refractivity contribution in [3.05, 3.63) is 34.9 Å². The summed E-state index contributed by atoms with van der Waals surface area (Å²) in [6.07, 6.45) is 8.36. The van der Waals surface area contributed by atoms with E-state index in [-0.39, 0.29) is 0 Å². The third kappa shape index (κ3) is 3.81. The third-order valence-corrected chi connectivity index (χ3v) is 6.44. The van der Waals surface area contributed by atoms with E-state index in [1.165, 1.54) is 70.3 Å². The SMILES string of the molecule is CC.Clc1ccc(C(C2CCCC2)N2CC3(CCNCC3)C2)cc1. The second-order valence-electron chi connectivity index (χ2n) is 7.70. The zero-order valence-electron chi connectivity index (χ0n) is 15.4. The molecular formula is C21H33ClN2. The van der Waals surface area contributed by atoms with Crippen molar-refractivity contribution in [2.24, 2.45) is 11.3 Å². The van der Waals surface area contributed by atoms with Gasteiger partial charge in [0.2, 0.25) is 0 Å². The topological polar surface area (TPSA) is 15.3 Å². The van der Waals surface area contributed by atoms with E-state index in [9.17, 15) is 0 Å². The average molecular weight is 349 g/mol. The van der Waals surface area contributed by atoms with E-state index in [0.717, 1.165) is 10.9 Å². The Morgan fingerprint density at radius 3 is 2.21 bits per heavy atom. The molecule has 3 heteroatoms. The largest absolute Gasteiger partial charge is 0.317 e. The molecule has 1 aliphatic carbocycles. The van der Waals surface area contributed by atoms with Crippen LogP contribution in [-0.4, -0.2) is 31.1 Å². The molecule has 2 saturated heterocycles. The van der Waals surface area contributed by atoms with Gasteiger partial charge in [-0.05, 0) is 67.8 Å². The van der Waals surface area contributed by atoms with Crippen LogP contribution in [0.3, 0.4) is 0 Å². The molecule has 0 aromatic heterocycles. The molecule has 2 nitrogen and oxygen atoms in total. The van der Waals surface area contributed by atoms with Gasteiger partial charge in [-0.25, -0.2) is 0 Å². The van der Waals surface area contributed by atoms with Crippen LogP contribution in [0, 0.1) is 11.3 Å². The molecule has 1 unspecified atom stereocenters. The summed E-state index contributed by atoms with van der Waals surface area (Å²) < 4.78 is 0. The van der Waals surface area contributed by atoms with Gasteiger partial charge < -0.3 is 5.32 Å². The number of nitrogens with zero attached hydrogens (tertiary/aromatic N) is 1. The summed E-state index contributed by atoms with van der Waals surface area (Å²) >= 11 is 6.10. The van der Waals surface area contributed by atoms with Crippen molar-refractivity contribution in [1.82, 2.24) is 10.2 Å². The zero-order chi connectivity index (χ0) is 17.0. The highest BCUT2D eigenvalue weighted by atomic mass is 35.5. The summed E-state index contributed by atoms with van der Waals surface area (Å²) in [5.41, 5.74) is 2.11. The molecule has 0 radical (unpaired) electrons. The Kier molecular flexibility index (Phi) is 6.23. The molecule has 1 spiro atoms. The number of nitrogens with one attached hydrogen (secondary N) is 1. The maximum atomic E-state index is 6.10. The van der Waals surface area contributed by atoms with Gasteiger partial charge in [-0.15, -0.1) is 0 Å². The molecule has 0 amide bonds. The Balaban J connectivity index is 0.000000815. The highest BCUT2D eigenvalue weighted by Gasteiger charge is 2.47. The first kappa shape index (κ1) is 18.2. The van der Waals surface area contributed by atoms with Crippen LogP contribution in [0.4, 0.5) is 0 Å². The van der Waals surface area contributed by atoms with Crippen molar-refractivity contribution < 1.29 is 0 Å². The number of rotatable bonds is 3. The van der Waals surface area contributed by atoms with E-state index in [0.29, 0.717) is 11.5 Å². The van der Waals surface area contributed by atoms with E-state index in [1.807, 2.05) is 13.8 Å². The summed E-state index contributed by atoms with van der Waals surface area (Å²) in [4.78, 5) is 2.77. The molecule has 2 heterocycles. The smallest absolute Gasteiger partial charge is 0.0406 e. The van der Waals surface area contributed by atoms with Gasteiger partial charge in [0.25, 0.3) is 0 Å². The van der Waals surface area contributed by atoms with E-state index in [1.54, 1.807) is 0 Å². The molecule has 3 fully saturated rings. The minimum Gasteiger partial charge on any atom is -0.317 e. The first-order valence-corrected chi connectivity index (χ1v) is 10.3. The number of likely N-dealkylation sites (tertiary alicyclic amines) is 1. The number of hydrogen-bond donors (Lipinski definition) is 1. The molecular weight excluding hydrogens is 316 g/mol. The number of hydrogen-bond acceptors (Lipinski definition) is 2. The Hall–Kier alpha value is -0.570. The Bertz CT molecular complexity index is 493. The van der Waals surface area contributed by atoms with Gasteiger partial charge in [-0.2, -0.15) is 0 Å². The van der Waals surface area contributed by atoms with Crippen LogP contribution in [0.15, 0.2) is 24.3 Å². The van der Waals surface area contributed by atoms with Crippen molar-refractivity contribution >= 4 is 11.6 Å². The monoisotopic (exact) mass is 348 g/mol. The van der Waals surface area contributed by atoms with E-state index in [4.69, 9.17) is 11.6 Å². The lowest BCUT2D eigenvalue weighted by Gasteiger charge is -2.56. The lowest BCUT2D eigenvalue weighted by atomic mass is 9.70. The number of benzene rings is 1. The van der Waals surface area contributed by atoms with E-state index >= 15 is 0 Å². The van der Waals surface area contributed by atoms with Crippen LogP contribution in [0.25, 0.3) is 0 Å². The second-order valence-corrected chi connectivity index (χ2v) is 8.13. The Morgan fingerprint density at radius 1 is 1.04 bits per heavy atom. The van der Waals surface area contributed by atoms with Gasteiger partial charge >= 0.3 is 0 Å². The molecule has 3 aliphatic rings. The van der Waals surface area contributed by atoms with Gasteiger partial charge in [0, 0.05) is 24.2 Å². The van der Waals surface area contributed by atoms with Gasteiger partial charge in [0.15, 0.2) is 0 Å². The summed E-state index contributed by atoms with van der Waals surface area (Å²) in [5.74, 6) is 0.847. The van der Waals surface area contributed by atoms with Crippen LogP contribution in [0.5, 0.6) is 0 Å². The predicted octanol–water partition coefficient (Wildman–Crippen LogP) is 5.28. The van der Waals surface area contributed by atoms with E-state index < -0.39 is 0 Å². The van der Waals surface area contributed by atoms with Crippen LogP contribution in [0.1, 0.15) is 64.0 Å². The average Bonchev–Trinajstić information content (AvgIpc) is 3.12. The maximum Gasteiger partial charge on any atom is 0.0406 e. The van der Waals surface area contributed by atoms with Gasteiger partial charge in [0.05, 0.1) is 0 Å². The first-order valence-electron chi connectivity index (χ1n) is 9.96. The summed E-state index contributed by atoms with van der Waals surface area (Å²) in [6.45, 7) is 9.03. The fourth-order valence-electron chi connectivity index (χ4n) is 5.00. The quantitative estimate of drug-likeness (QED) is 0.799. The minimum atomic E-state index is 0.620. The molecule has 1 saturated carbocycles. The summed E-state index contributed by atoms with van der Waals surface area (Å²) in [6, 6.07) is 9.29.